The third-order valence-corrected chi connectivity index (χ3v) is 4.26. The van der Waals surface area contributed by atoms with E-state index in [1.54, 1.807) is 6.07 Å². The van der Waals surface area contributed by atoms with Crippen molar-refractivity contribution in [2.75, 3.05) is 19.7 Å². The second kappa shape index (κ2) is 9.51. The van der Waals surface area contributed by atoms with E-state index < -0.39 is 12.5 Å². The minimum atomic E-state index is -4.75. The summed E-state index contributed by atoms with van der Waals surface area (Å²) in [4.78, 5) is 11.7. The van der Waals surface area contributed by atoms with E-state index >= 15 is 0 Å². The van der Waals surface area contributed by atoms with Crippen molar-refractivity contribution >= 4 is 6.09 Å². The molecule has 9 heteroatoms. The molecule has 2 aromatic rings. The minimum Gasteiger partial charge on any atom is -0.493 e. The van der Waals surface area contributed by atoms with Crippen LogP contribution in [0.4, 0.5) is 18.0 Å². The van der Waals surface area contributed by atoms with Crippen molar-refractivity contribution in [3.63, 3.8) is 0 Å². The van der Waals surface area contributed by atoms with Gasteiger partial charge in [0.1, 0.15) is 18.1 Å². The molecule has 2 aromatic carbocycles. The highest BCUT2D eigenvalue weighted by atomic mass is 19.4. The fraction of sp³-hybridized carbons (Fsp3) is 0.350. The molecule has 1 amide bonds. The molecule has 3 rings (SSSR count). The van der Waals surface area contributed by atoms with Crippen molar-refractivity contribution < 1.29 is 32.2 Å². The lowest BCUT2D eigenvalue weighted by atomic mass is 10.0. The van der Waals surface area contributed by atoms with Crippen molar-refractivity contribution in [3.05, 3.63) is 59.7 Å². The number of carbonyl (C=O) groups is 1. The fourth-order valence-electron chi connectivity index (χ4n) is 2.96. The molecule has 6 nitrogen and oxygen atoms in total. The molecule has 2 N–H and O–H groups in total. The van der Waals surface area contributed by atoms with Gasteiger partial charge in [-0.3, -0.25) is 0 Å². The van der Waals surface area contributed by atoms with E-state index in [1.807, 2.05) is 30.3 Å². The molecule has 0 saturated heterocycles. The average molecular weight is 410 g/mol. The summed E-state index contributed by atoms with van der Waals surface area (Å²) in [6, 6.07) is 13.3. The molecule has 1 aliphatic rings. The normalized spacial score (nSPS) is 15.8. The van der Waals surface area contributed by atoms with E-state index in [1.165, 1.54) is 12.1 Å². The maximum Gasteiger partial charge on any atom is 0.573 e. The molecule has 0 saturated carbocycles. The van der Waals surface area contributed by atoms with Crippen LogP contribution < -0.4 is 20.1 Å². The second-order valence-corrected chi connectivity index (χ2v) is 6.38. The molecular weight excluding hydrogens is 389 g/mol. The van der Waals surface area contributed by atoms with Crippen LogP contribution in [0.25, 0.3) is 0 Å². The summed E-state index contributed by atoms with van der Waals surface area (Å²) in [7, 11) is 0. The number of alkyl carbamates (subject to hydrolysis) is 1. The van der Waals surface area contributed by atoms with Gasteiger partial charge >= 0.3 is 12.5 Å². The van der Waals surface area contributed by atoms with E-state index in [0.717, 1.165) is 11.1 Å². The van der Waals surface area contributed by atoms with Crippen molar-refractivity contribution in [3.8, 4) is 11.5 Å². The minimum absolute atomic E-state index is 0.0965. The van der Waals surface area contributed by atoms with Crippen LogP contribution in [0.1, 0.15) is 23.6 Å². The summed E-state index contributed by atoms with van der Waals surface area (Å²) < 4.78 is 51.6. The molecule has 0 aromatic heterocycles. The monoisotopic (exact) mass is 410 g/mol. The lowest BCUT2D eigenvalue weighted by molar-refractivity contribution is -0.274. The van der Waals surface area contributed by atoms with E-state index in [2.05, 4.69) is 15.4 Å². The summed E-state index contributed by atoms with van der Waals surface area (Å²) in [6.45, 7) is 1.36. The van der Waals surface area contributed by atoms with Gasteiger partial charge in [-0.1, -0.05) is 36.4 Å². The molecular formula is C20H21F3N2O4. The van der Waals surface area contributed by atoms with Crippen LogP contribution in [-0.4, -0.2) is 32.2 Å². The first kappa shape index (κ1) is 20.8. The number of halogens is 3. The molecule has 0 spiro atoms. The number of hydrogen-bond donors (Lipinski definition) is 2. The van der Waals surface area contributed by atoms with Crippen LogP contribution in [0.2, 0.25) is 0 Å². The molecule has 156 valence electrons. The predicted octanol–water partition coefficient (Wildman–Crippen LogP) is 3.92. The molecule has 1 unspecified atom stereocenters. The summed E-state index contributed by atoms with van der Waals surface area (Å²) in [5.74, 6) is 0.0328. The van der Waals surface area contributed by atoms with Gasteiger partial charge in [0.25, 0.3) is 0 Å². The van der Waals surface area contributed by atoms with Crippen LogP contribution in [0.15, 0.2) is 48.5 Å². The third-order valence-electron chi connectivity index (χ3n) is 4.26. The van der Waals surface area contributed by atoms with Crippen molar-refractivity contribution in [1.29, 1.82) is 0 Å². The van der Waals surface area contributed by atoms with Crippen molar-refractivity contribution in [2.24, 2.45) is 0 Å². The Kier molecular flexibility index (Phi) is 6.82. The Balaban J connectivity index is 1.43. The highest BCUT2D eigenvalue weighted by molar-refractivity contribution is 5.67. The third kappa shape index (κ3) is 6.56. The smallest absolute Gasteiger partial charge is 0.493 e. The zero-order valence-electron chi connectivity index (χ0n) is 15.5. The number of rotatable bonds is 7. The van der Waals surface area contributed by atoms with Crippen molar-refractivity contribution in [2.45, 2.75) is 25.4 Å². The summed E-state index contributed by atoms with van der Waals surface area (Å²) in [5.41, 5.74) is 1.64. The van der Waals surface area contributed by atoms with Gasteiger partial charge < -0.3 is 24.8 Å². The zero-order valence-corrected chi connectivity index (χ0v) is 15.5. The lowest BCUT2D eigenvalue weighted by Crippen LogP contribution is -2.35. The number of fused-ring (bicyclic) bond motifs is 1. The predicted molar refractivity (Wildman–Crippen MR) is 98.6 cm³/mol. The fourth-order valence-corrected chi connectivity index (χ4v) is 2.96. The maximum atomic E-state index is 12.4. The Hall–Kier alpha value is -2.94. The SMILES string of the molecule is O=C(NCCNC1CCOc2cc(OC(F)(F)F)ccc21)OCc1ccccc1. The number of nitrogens with one attached hydrogen (secondary N) is 2. The van der Waals surface area contributed by atoms with Crippen LogP contribution in [0.5, 0.6) is 11.5 Å². The van der Waals surface area contributed by atoms with E-state index in [4.69, 9.17) is 9.47 Å². The number of benzene rings is 2. The van der Waals surface area contributed by atoms with Crippen LogP contribution in [0.3, 0.4) is 0 Å². The highest BCUT2D eigenvalue weighted by Crippen LogP contribution is 2.36. The molecule has 0 radical (unpaired) electrons. The number of hydrogen-bond acceptors (Lipinski definition) is 5. The Morgan fingerprint density at radius 1 is 1.14 bits per heavy atom. The molecule has 29 heavy (non-hydrogen) atoms. The van der Waals surface area contributed by atoms with Gasteiger partial charge in [0, 0.05) is 37.2 Å². The zero-order chi connectivity index (χ0) is 20.7. The molecule has 1 atom stereocenters. The van der Waals surface area contributed by atoms with Gasteiger partial charge in [0.15, 0.2) is 0 Å². The number of alkyl halides is 3. The van der Waals surface area contributed by atoms with Crippen molar-refractivity contribution in [1.82, 2.24) is 10.6 Å². The summed E-state index contributed by atoms with van der Waals surface area (Å²) in [6.07, 6.45) is -4.61. The van der Waals surface area contributed by atoms with Gasteiger partial charge in [-0.2, -0.15) is 0 Å². The quantitative estimate of drug-likeness (QED) is 0.677. The van der Waals surface area contributed by atoms with Crippen LogP contribution >= 0.6 is 0 Å². The van der Waals surface area contributed by atoms with Gasteiger partial charge in [0.05, 0.1) is 6.61 Å². The van der Waals surface area contributed by atoms with Gasteiger partial charge in [-0.05, 0) is 11.6 Å². The molecule has 0 aliphatic carbocycles. The van der Waals surface area contributed by atoms with Gasteiger partial charge in [-0.15, -0.1) is 13.2 Å². The van der Waals surface area contributed by atoms with Crippen LogP contribution in [0, 0.1) is 0 Å². The van der Waals surface area contributed by atoms with E-state index in [0.29, 0.717) is 31.9 Å². The largest absolute Gasteiger partial charge is 0.573 e. The second-order valence-electron chi connectivity index (χ2n) is 6.38. The first-order valence-corrected chi connectivity index (χ1v) is 9.11. The number of amides is 1. The first-order chi connectivity index (χ1) is 13.9. The summed E-state index contributed by atoms with van der Waals surface area (Å²) in [5, 5.41) is 5.91. The molecule has 0 bridgehead atoms. The highest BCUT2D eigenvalue weighted by Gasteiger charge is 2.32. The van der Waals surface area contributed by atoms with Gasteiger partial charge in [-0.25, -0.2) is 4.79 Å². The molecule has 1 heterocycles. The first-order valence-electron chi connectivity index (χ1n) is 9.11. The molecule has 1 aliphatic heterocycles. The number of carbonyl (C=O) groups excluding carboxylic acids is 1. The average Bonchev–Trinajstić information content (AvgIpc) is 2.69. The standard InChI is InChI=1S/C20H21F3N2O4/c21-20(22,23)29-15-6-7-16-17(8-11-27-18(16)12-15)24-9-10-25-19(26)28-13-14-4-2-1-3-5-14/h1-7,12,17,24H,8-11,13H2,(H,25,26). The Bertz CT molecular complexity index is 815. The Labute approximate surface area is 166 Å². The topological polar surface area (TPSA) is 68.8 Å². The van der Waals surface area contributed by atoms with E-state index in [9.17, 15) is 18.0 Å². The Morgan fingerprint density at radius 2 is 1.93 bits per heavy atom. The maximum absolute atomic E-state index is 12.4. The van der Waals surface area contributed by atoms with Crippen LogP contribution in [-0.2, 0) is 11.3 Å². The van der Waals surface area contributed by atoms with E-state index in [-0.39, 0.29) is 18.4 Å². The lowest BCUT2D eigenvalue weighted by Gasteiger charge is -2.27. The van der Waals surface area contributed by atoms with Gasteiger partial charge in [0.2, 0.25) is 0 Å². The molecule has 0 fully saturated rings. The number of ether oxygens (including phenoxy) is 3. The summed E-state index contributed by atoms with van der Waals surface area (Å²) >= 11 is 0. The Morgan fingerprint density at radius 3 is 2.69 bits per heavy atom.